The van der Waals surface area contributed by atoms with E-state index in [0.29, 0.717) is 6.54 Å². The SMILES string of the molecule is CCCN(C)C(CN)c1cc(OC)cc(OC)c1. The molecule has 0 bridgehead atoms. The smallest absolute Gasteiger partial charge is 0.122 e. The molecule has 0 spiro atoms. The summed E-state index contributed by atoms with van der Waals surface area (Å²) in [7, 11) is 5.41. The minimum Gasteiger partial charge on any atom is -0.497 e. The topological polar surface area (TPSA) is 47.7 Å². The number of nitrogens with two attached hydrogens (primary N) is 1. The quantitative estimate of drug-likeness (QED) is 0.807. The lowest BCUT2D eigenvalue weighted by Crippen LogP contribution is -2.31. The van der Waals surface area contributed by atoms with Crippen LogP contribution < -0.4 is 15.2 Å². The molecular weight excluding hydrogens is 228 g/mol. The number of benzene rings is 1. The fourth-order valence-corrected chi connectivity index (χ4v) is 2.10. The number of hydrogen-bond donors (Lipinski definition) is 1. The summed E-state index contributed by atoms with van der Waals surface area (Å²) in [6.45, 7) is 3.75. The van der Waals surface area contributed by atoms with Gasteiger partial charge in [0.05, 0.1) is 14.2 Å². The molecule has 0 radical (unpaired) electrons. The van der Waals surface area contributed by atoms with Crippen LogP contribution in [0.25, 0.3) is 0 Å². The van der Waals surface area contributed by atoms with Gasteiger partial charge in [-0.25, -0.2) is 0 Å². The van der Waals surface area contributed by atoms with Gasteiger partial charge >= 0.3 is 0 Å². The molecule has 0 aromatic heterocycles. The summed E-state index contributed by atoms with van der Waals surface area (Å²) >= 11 is 0. The molecule has 1 rings (SSSR count). The molecule has 0 aliphatic carbocycles. The molecule has 0 amide bonds. The first-order valence-electron chi connectivity index (χ1n) is 6.29. The van der Waals surface area contributed by atoms with Crippen molar-refractivity contribution in [2.24, 2.45) is 5.73 Å². The summed E-state index contributed by atoms with van der Waals surface area (Å²) in [5.74, 6) is 1.60. The van der Waals surface area contributed by atoms with Crippen LogP contribution in [0.2, 0.25) is 0 Å². The van der Waals surface area contributed by atoms with Crippen LogP contribution in [-0.2, 0) is 0 Å². The number of ether oxygens (including phenoxy) is 2. The first-order chi connectivity index (χ1) is 8.65. The molecule has 1 unspecified atom stereocenters. The Bertz CT molecular complexity index is 347. The maximum Gasteiger partial charge on any atom is 0.122 e. The Balaban J connectivity index is 3.03. The summed E-state index contributed by atoms with van der Waals surface area (Å²) < 4.78 is 10.6. The molecule has 1 atom stereocenters. The summed E-state index contributed by atoms with van der Waals surface area (Å²) in [5.41, 5.74) is 7.03. The van der Waals surface area contributed by atoms with E-state index in [-0.39, 0.29) is 6.04 Å². The molecule has 102 valence electrons. The van der Waals surface area contributed by atoms with Gasteiger partial charge in [0.2, 0.25) is 0 Å². The van der Waals surface area contributed by atoms with Gasteiger partial charge < -0.3 is 15.2 Å². The largest absolute Gasteiger partial charge is 0.497 e. The number of methoxy groups -OCH3 is 2. The van der Waals surface area contributed by atoms with E-state index in [1.165, 1.54) is 0 Å². The van der Waals surface area contributed by atoms with Crippen LogP contribution in [0, 0.1) is 0 Å². The molecule has 0 saturated heterocycles. The molecule has 0 saturated carbocycles. The van der Waals surface area contributed by atoms with Gasteiger partial charge in [0.1, 0.15) is 11.5 Å². The zero-order valence-corrected chi connectivity index (χ0v) is 11.8. The van der Waals surface area contributed by atoms with Crippen molar-refractivity contribution in [3.05, 3.63) is 23.8 Å². The van der Waals surface area contributed by atoms with E-state index < -0.39 is 0 Å². The van der Waals surface area contributed by atoms with E-state index in [9.17, 15) is 0 Å². The highest BCUT2D eigenvalue weighted by Gasteiger charge is 2.16. The maximum atomic E-state index is 5.90. The van der Waals surface area contributed by atoms with Gasteiger partial charge in [0, 0.05) is 18.7 Å². The summed E-state index contributed by atoms with van der Waals surface area (Å²) in [6, 6.07) is 6.10. The maximum absolute atomic E-state index is 5.90. The molecule has 0 fully saturated rings. The molecule has 0 aliphatic rings. The van der Waals surface area contributed by atoms with Crippen LogP contribution in [-0.4, -0.2) is 39.3 Å². The van der Waals surface area contributed by atoms with Gasteiger partial charge in [-0.3, -0.25) is 4.90 Å². The van der Waals surface area contributed by atoms with Crippen molar-refractivity contribution >= 4 is 0 Å². The Morgan fingerprint density at radius 2 is 1.72 bits per heavy atom. The number of hydrogen-bond acceptors (Lipinski definition) is 4. The Morgan fingerprint density at radius 1 is 1.17 bits per heavy atom. The van der Waals surface area contributed by atoms with Gasteiger partial charge in [-0.2, -0.15) is 0 Å². The Hall–Kier alpha value is -1.26. The van der Waals surface area contributed by atoms with Crippen molar-refractivity contribution in [2.75, 3.05) is 34.4 Å². The zero-order valence-electron chi connectivity index (χ0n) is 11.8. The molecule has 0 heterocycles. The van der Waals surface area contributed by atoms with Crippen molar-refractivity contribution in [3.8, 4) is 11.5 Å². The lowest BCUT2D eigenvalue weighted by atomic mass is 10.0. The predicted molar refractivity (Wildman–Crippen MR) is 74.3 cm³/mol. The second kappa shape index (κ2) is 7.24. The van der Waals surface area contributed by atoms with E-state index >= 15 is 0 Å². The fourth-order valence-electron chi connectivity index (χ4n) is 2.10. The van der Waals surface area contributed by atoms with Crippen LogP contribution in [0.5, 0.6) is 11.5 Å². The number of nitrogens with zero attached hydrogens (tertiary/aromatic N) is 1. The second-order valence-corrected chi connectivity index (χ2v) is 4.38. The fraction of sp³-hybridized carbons (Fsp3) is 0.571. The highest BCUT2D eigenvalue weighted by Crippen LogP contribution is 2.28. The van der Waals surface area contributed by atoms with Crippen LogP contribution in [0.4, 0.5) is 0 Å². The van der Waals surface area contributed by atoms with Crippen molar-refractivity contribution in [3.63, 3.8) is 0 Å². The predicted octanol–water partition coefficient (Wildman–Crippen LogP) is 2.05. The van der Waals surface area contributed by atoms with E-state index in [4.69, 9.17) is 15.2 Å². The van der Waals surface area contributed by atoms with Gasteiger partial charge in [-0.05, 0) is 37.7 Å². The average Bonchev–Trinajstić information content (AvgIpc) is 2.39. The van der Waals surface area contributed by atoms with E-state index in [0.717, 1.165) is 30.0 Å². The zero-order chi connectivity index (χ0) is 13.5. The number of likely N-dealkylation sites (N-methyl/N-ethyl adjacent to an activating group) is 1. The van der Waals surface area contributed by atoms with Crippen molar-refractivity contribution < 1.29 is 9.47 Å². The second-order valence-electron chi connectivity index (χ2n) is 4.38. The normalized spacial score (nSPS) is 12.6. The lowest BCUT2D eigenvalue weighted by molar-refractivity contribution is 0.249. The summed E-state index contributed by atoms with van der Waals surface area (Å²) in [5, 5.41) is 0. The third kappa shape index (κ3) is 3.62. The van der Waals surface area contributed by atoms with Crippen molar-refractivity contribution in [1.82, 2.24) is 4.90 Å². The summed E-state index contributed by atoms with van der Waals surface area (Å²) in [6.07, 6.45) is 1.11. The van der Waals surface area contributed by atoms with Crippen LogP contribution in [0.15, 0.2) is 18.2 Å². The molecule has 1 aromatic rings. The minimum atomic E-state index is 0.189. The first-order valence-corrected chi connectivity index (χ1v) is 6.29. The lowest BCUT2D eigenvalue weighted by Gasteiger charge is -2.27. The van der Waals surface area contributed by atoms with E-state index in [1.807, 2.05) is 18.2 Å². The van der Waals surface area contributed by atoms with Crippen LogP contribution in [0.1, 0.15) is 24.9 Å². The molecule has 4 heteroatoms. The molecule has 18 heavy (non-hydrogen) atoms. The summed E-state index contributed by atoms with van der Waals surface area (Å²) in [4.78, 5) is 2.26. The molecular formula is C14H24N2O2. The highest BCUT2D eigenvalue weighted by molar-refractivity contribution is 5.40. The van der Waals surface area contributed by atoms with Crippen LogP contribution in [0.3, 0.4) is 0 Å². The third-order valence-corrected chi connectivity index (χ3v) is 3.09. The molecule has 1 aromatic carbocycles. The molecule has 2 N–H and O–H groups in total. The minimum absolute atomic E-state index is 0.189. The van der Waals surface area contributed by atoms with Gasteiger partial charge in [-0.15, -0.1) is 0 Å². The van der Waals surface area contributed by atoms with Crippen LogP contribution >= 0.6 is 0 Å². The van der Waals surface area contributed by atoms with Gasteiger partial charge in [0.15, 0.2) is 0 Å². The third-order valence-electron chi connectivity index (χ3n) is 3.09. The van der Waals surface area contributed by atoms with Crippen molar-refractivity contribution in [1.29, 1.82) is 0 Å². The highest BCUT2D eigenvalue weighted by atomic mass is 16.5. The van der Waals surface area contributed by atoms with Gasteiger partial charge in [0.25, 0.3) is 0 Å². The molecule has 0 aliphatic heterocycles. The van der Waals surface area contributed by atoms with Crippen molar-refractivity contribution in [2.45, 2.75) is 19.4 Å². The molecule has 4 nitrogen and oxygen atoms in total. The Kier molecular flexibility index (Phi) is 5.95. The number of rotatable bonds is 7. The average molecular weight is 252 g/mol. The van der Waals surface area contributed by atoms with E-state index in [1.54, 1.807) is 14.2 Å². The monoisotopic (exact) mass is 252 g/mol. The Labute approximate surface area is 110 Å². The first kappa shape index (κ1) is 14.8. The van der Waals surface area contributed by atoms with E-state index in [2.05, 4.69) is 18.9 Å². The van der Waals surface area contributed by atoms with Gasteiger partial charge in [-0.1, -0.05) is 6.92 Å². The Morgan fingerprint density at radius 3 is 2.11 bits per heavy atom. The standard InChI is InChI=1S/C14H24N2O2/c1-5-6-16(2)14(10-15)11-7-12(17-3)9-13(8-11)18-4/h7-9,14H,5-6,10,15H2,1-4H3.